The molecule has 0 amide bonds. The molecule has 0 aromatic rings. The lowest BCUT2D eigenvalue weighted by molar-refractivity contribution is -0.133. The van der Waals surface area contributed by atoms with Gasteiger partial charge in [0.25, 0.3) is 9.76 Å². The maximum absolute atomic E-state index is 11.3. The van der Waals surface area contributed by atoms with Crippen molar-refractivity contribution < 1.29 is 18.7 Å². The van der Waals surface area contributed by atoms with Gasteiger partial charge in [-0.25, -0.2) is 4.79 Å². The summed E-state index contributed by atoms with van der Waals surface area (Å²) >= 11 is 0. The summed E-state index contributed by atoms with van der Waals surface area (Å²) in [4.78, 5) is 11.3. The second-order valence-corrected chi connectivity index (χ2v) is 4.20. The molecule has 0 aromatic carbocycles. The van der Waals surface area contributed by atoms with E-state index in [1.165, 1.54) is 0 Å². The van der Waals surface area contributed by atoms with Gasteiger partial charge in [-0.1, -0.05) is 6.08 Å². The molecule has 0 radical (unpaired) electrons. The third kappa shape index (κ3) is 6.43. The Hall–Kier alpha value is -0.653. The topological polar surface area (TPSA) is 44.8 Å². The zero-order valence-electron chi connectivity index (χ0n) is 9.91. The van der Waals surface area contributed by atoms with Crippen LogP contribution < -0.4 is 0 Å². The van der Waals surface area contributed by atoms with Gasteiger partial charge in [-0.05, 0) is 27.7 Å². The van der Waals surface area contributed by atoms with Crippen LogP contribution in [0.15, 0.2) is 11.6 Å². The number of allylic oxidation sites excluding steroid dienone is 1. The molecular formula is C10H20O4Si. The summed E-state index contributed by atoms with van der Waals surface area (Å²) < 4.78 is 15.7. The zero-order valence-corrected chi connectivity index (χ0v) is 11.3. The highest BCUT2D eigenvalue weighted by molar-refractivity contribution is 6.32. The molecule has 0 aliphatic carbocycles. The highest BCUT2D eigenvalue weighted by Crippen LogP contribution is 1.99. The first-order valence-electron chi connectivity index (χ1n) is 5.18. The molecule has 0 rings (SSSR count). The summed E-state index contributed by atoms with van der Waals surface area (Å²) in [5.74, 6) is -0.595. The van der Waals surface area contributed by atoms with Crippen LogP contribution in [0.25, 0.3) is 0 Å². The van der Waals surface area contributed by atoms with Crippen molar-refractivity contribution >= 4 is 15.7 Å². The maximum Gasteiger partial charge on any atom is 0.319 e. The Labute approximate surface area is 93.5 Å². The average molecular weight is 232 g/mol. The van der Waals surface area contributed by atoms with E-state index < -0.39 is 9.76 Å². The van der Waals surface area contributed by atoms with Crippen LogP contribution in [-0.2, 0) is 18.7 Å². The fourth-order valence-corrected chi connectivity index (χ4v) is 2.07. The highest BCUT2D eigenvalue weighted by Gasteiger charge is 2.13. The van der Waals surface area contributed by atoms with E-state index in [0.29, 0.717) is 18.8 Å². The second kappa shape index (κ2) is 8.64. The van der Waals surface area contributed by atoms with E-state index in [-0.39, 0.29) is 11.9 Å². The number of hydrogen-bond acceptors (Lipinski definition) is 4. The van der Waals surface area contributed by atoms with E-state index in [1.54, 1.807) is 19.9 Å². The van der Waals surface area contributed by atoms with Crippen molar-refractivity contribution in [1.82, 2.24) is 0 Å². The fraction of sp³-hybridized carbons (Fsp3) is 0.700. The van der Waals surface area contributed by atoms with Crippen molar-refractivity contribution in [2.45, 2.75) is 33.6 Å². The van der Waals surface area contributed by atoms with Crippen molar-refractivity contribution in [3.8, 4) is 0 Å². The lowest BCUT2D eigenvalue weighted by Gasteiger charge is -2.16. The number of carbonyl (C=O) groups is 1. The number of ether oxygens (including phenoxy) is 2. The smallest absolute Gasteiger partial charge is 0.319 e. The molecular weight excluding hydrogens is 212 g/mol. The van der Waals surface area contributed by atoms with Crippen LogP contribution in [0.2, 0.25) is 0 Å². The molecule has 0 aromatic heterocycles. The Balaban J connectivity index is 3.93. The molecule has 0 spiro atoms. The van der Waals surface area contributed by atoms with Gasteiger partial charge in [0.05, 0.1) is 0 Å². The molecule has 0 N–H and O–H groups in total. The third-order valence-corrected chi connectivity index (χ3v) is 2.98. The number of hydrogen-bond donors (Lipinski definition) is 0. The average Bonchev–Trinajstić information content (AvgIpc) is 2.25. The summed E-state index contributed by atoms with van der Waals surface area (Å²) in [5, 5.41) is 0. The monoisotopic (exact) mass is 232 g/mol. The predicted octanol–water partition coefficient (Wildman–Crippen LogP) is 0.936. The molecule has 88 valence electrons. The molecule has 0 fully saturated rings. The van der Waals surface area contributed by atoms with Gasteiger partial charge in [-0.2, -0.15) is 0 Å². The lowest BCUT2D eigenvalue weighted by Crippen LogP contribution is -2.28. The van der Waals surface area contributed by atoms with Gasteiger partial charge < -0.3 is 13.9 Å². The van der Waals surface area contributed by atoms with Crippen LogP contribution in [0, 0.1) is 0 Å². The molecule has 0 unspecified atom stereocenters. The molecule has 0 aliphatic heterocycles. The van der Waals surface area contributed by atoms with Crippen molar-refractivity contribution in [1.29, 1.82) is 0 Å². The Kier molecular flexibility index (Phi) is 8.26. The molecule has 0 heterocycles. The first-order valence-corrected chi connectivity index (χ1v) is 6.58. The Morgan fingerprint density at radius 1 is 1.33 bits per heavy atom. The molecule has 15 heavy (non-hydrogen) atoms. The van der Waals surface area contributed by atoms with Crippen LogP contribution >= 0.6 is 0 Å². The Bertz CT molecular complexity index is 209. The second-order valence-electron chi connectivity index (χ2n) is 2.91. The first kappa shape index (κ1) is 14.3. The number of rotatable bonds is 7. The molecule has 5 heteroatoms. The van der Waals surface area contributed by atoms with Crippen LogP contribution in [-0.4, -0.2) is 34.9 Å². The summed E-state index contributed by atoms with van der Waals surface area (Å²) in [6, 6.07) is 0. The van der Waals surface area contributed by atoms with Crippen LogP contribution in [0.1, 0.15) is 27.7 Å². The quantitative estimate of drug-likeness (QED) is 0.372. The van der Waals surface area contributed by atoms with Gasteiger partial charge in [0.2, 0.25) is 0 Å². The van der Waals surface area contributed by atoms with E-state index in [4.69, 9.17) is 13.9 Å². The fourth-order valence-electron chi connectivity index (χ4n) is 0.892. The minimum atomic E-state index is -1.13. The highest BCUT2D eigenvalue weighted by atomic mass is 28.2. The minimum absolute atomic E-state index is 0.270. The summed E-state index contributed by atoms with van der Waals surface area (Å²) in [7, 11) is -1.13. The van der Waals surface area contributed by atoms with Crippen molar-refractivity contribution in [2.75, 3.05) is 13.2 Å². The van der Waals surface area contributed by atoms with E-state index in [2.05, 4.69) is 0 Å². The van der Waals surface area contributed by atoms with Crippen LogP contribution in [0.3, 0.4) is 0 Å². The number of carbonyl (C=O) groups excluding carboxylic acids is 1. The summed E-state index contributed by atoms with van der Waals surface area (Å²) in [5.41, 5.74) is 0.620. The largest absolute Gasteiger partial charge is 0.516 e. The van der Waals surface area contributed by atoms with Gasteiger partial charge in [0.1, 0.15) is 0 Å². The summed E-state index contributed by atoms with van der Waals surface area (Å²) in [6.45, 7) is 8.45. The Morgan fingerprint density at radius 2 is 1.87 bits per heavy atom. The molecule has 0 saturated heterocycles. The standard InChI is InChI=1S/C10H20O4Si/c1-5-8(4)9(11)14-15-10(12-6-2)13-7-3/h5,10H,6-7,15H2,1-4H3. The van der Waals surface area contributed by atoms with Crippen molar-refractivity contribution in [2.24, 2.45) is 0 Å². The van der Waals surface area contributed by atoms with Gasteiger partial charge in [0.15, 0.2) is 5.91 Å². The molecule has 0 atom stereocenters. The van der Waals surface area contributed by atoms with E-state index >= 15 is 0 Å². The maximum atomic E-state index is 11.3. The molecule has 0 aliphatic rings. The molecule has 0 bridgehead atoms. The van der Waals surface area contributed by atoms with Gasteiger partial charge in [0, 0.05) is 18.8 Å². The molecule has 4 nitrogen and oxygen atoms in total. The van der Waals surface area contributed by atoms with Crippen molar-refractivity contribution in [3.63, 3.8) is 0 Å². The summed E-state index contributed by atoms with van der Waals surface area (Å²) in [6.07, 6.45) is 1.73. The van der Waals surface area contributed by atoms with Gasteiger partial charge in [-0.15, -0.1) is 0 Å². The van der Waals surface area contributed by atoms with E-state index in [9.17, 15) is 4.79 Å². The molecule has 0 saturated carbocycles. The lowest BCUT2D eigenvalue weighted by atomic mass is 10.3. The SMILES string of the molecule is CC=C(C)C(=O)O[SiH2]C(OCC)OCC. The van der Waals surface area contributed by atoms with Gasteiger partial charge in [-0.3, -0.25) is 0 Å². The first-order chi connectivity index (χ1) is 7.15. The normalized spacial score (nSPS) is 12.7. The predicted molar refractivity (Wildman–Crippen MR) is 61.1 cm³/mol. The van der Waals surface area contributed by atoms with Crippen molar-refractivity contribution in [3.05, 3.63) is 11.6 Å². The van der Waals surface area contributed by atoms with Crippen LogP contribution in [0.5, 0.6) is 0 Å². The van der Waals surface area contributed by atoms with E-state index in [1.807, 2.05) is 13.8 Å². The Morgan fingerprint density at radius 3 is 2.27 bits per heavy atom. The van der Waals surface area contributed by atoms with Gasteiger partial charge >= 0.3 is 5.97 Å². The zero-order chi connectivity index (χ0) is 11.7. The third-order valence-electron chi connectivity index (χ3n) is 1.81. The van der Waals surface area contributed by atoms with Crippen LogP contribution in [0.4, 0.5) is 0 Å². The van der Waals surface area contributed by atoms with E-state index in [0.717, 1.165) is 0 Å². The minimum Gasteiger partial charge on any atom is -0.516 e.